The number of hydrogen-bond donors (Lipinski definition) is 2. The summed E-state index contributed by atoms with van der Waals surface area (Å²) in [6.07, 6.45) is 1.87. The molecule has 0 spiro atoms. The lowest BCUT2D eigenvalue weighted by Crippen LogP contribution is -2.44. The highest BCUT2D eigenvalue weighted by atomic mass is 16.4. The van der Waals surface area contributed by atoms with Crippen molar-refractivity contribution in [2.75, 3.05) is 13.1 Å². The number of amides is 3. The van der Waals surface area contributed by atoms with E-state index in [4.69, 9.17) is 10.2 Å². The summed E-state index contributed by atoms with van der Waals surface area (Å²) in [5.74, 6) is -2.08. The standard InChI is InChI=1S/C15H24N2O6/c1-15(2)13(22)16(9-5-3-7-11(18)19)14(23)17(15)10-6-4-8-12(20)21/h3-10H2,1-2H3,(H,18,19)(H,20,21). The Morgan fingerprint density at radius 2 is 1.39 bits per heavy atom. The molecule has 1 heterocycles. The van der Waals surface area contributed by atoms with Gasteiger partial charge in [0.15, 0.2) is 0 Å². The second-order valence-electron chi connectivity index (χ2n) is 6.15. The molecule has 8 nitrogen and oxygen atoms in total. The number of aliphatic carboxylic acids is 2. The first-order valence-electron chi connectivity index (χ1n) is 7.75. The fraction of sp³-hybridized carbons (Fsp3) is 0.733. The van der Waals surface area contributed by atoms with Crippen molar-refractivity contribution >= 4 is 23.9 Å². The zero-order chi connectivity index (χ0) is 17.6. The zero-order valence-corrected chi connectivity index (χ0v) is 13.6. The highest BCUT2D eigenvalue weighted by molar-refractivity contribution is 6.06. The van der Waals surface area contributed by atoms with Crippen molar-refractivity contribution in [1.82, 2.24) is 9.80 Å². The molecule has 0 saturated carbocycles. The Labute approximate surface area is 135 Å². The van der Waals surface area contributed by atoms with Crippen LogP contribution in [0.25, 0.3) is 0 Å². The van der Waals surface area contributed by atoms with E-state index in [0.717, 1.165) is 0 Å². The van der Waals surface area contributed by atoms with E-state index in [0.29, 0.717) is 32.2 Å². The summed E-state index contributed by atoms with van der Waals surface area (Å²) in [4.78, 5) is 48.4. The molecule has 0 radical (unpaired) electrons. The van der Waals surface area contributed by atoms with Gasteiger partial charge in [-0.05, 0) is 39.5 Å². The van der Waals surface area contributed by atoms with Gasteiger partial charge in [0.05, 0.1) is 0 Å². The Morgan fingerprint density at radius 1 is 0.913 bits per heavy atom. The van der Waals surface area contributed by atoms with Crippen molar-refractivity contribution in [2.24, 2.45) is 0 Å². The van der Waals surface area contributed by atoms with E-state index in [1.807, 2.05) is 0 Å². The lowest BCUT2D eigenvalue weighted by atomic mass is 10.0. The summed E-state index contributed by atoms with van der Waals surface area (Å²) >= 11 is 0. The molecule has 130 valence electrons. The highest BCUT2D eigenvalue weighted by Crippen LogP contribution is 2.28. The number of carboxylic acids is 2. The molecule has 3 amide bonds. The second kappa shape index (κ2) is 7.94. The van der Waals surface area contributed by atoms with Gasteiger partial charge >= 0.3 is 18.0 Å². The minimum atomic E-state index is -0.951. The van der Waals surface area contributed by atoms with Gasteiger partial charge in [0.2, 0.25) is 0 Å². The maximum absolute atomic E-state index is 12.4. The van der Waals surface area contributed by atoms with Crippen molar-refractivity contribution in [3.05, 3.63) is 0 Å². The molecule has 0 atom stereocenters. The minimum absolute atomic E-state index is 0.0124. The number of rotatable bonds is 10. The highest BCUT2D eigenvalue weighted by Gasteiger charge is 2.50. The summed E-state index contributed by atoms with van der Waals surface area (Å²) in [6.45, 7) is 3.87. The predicted octanol–water partition coefficient (Wildman–Crippen LogP) is 1.54. The van der Waals surface area contributed by atoms with Crippen LogP contribution in [0.1, 0.15) is 52.4 Å². The molecular formula is C15H24N2O6. The predicted molar refractivity (Wildman–Crippen MR) is 80.9 cm³/mol. The van der Waals surface area contributed by atoms with E-state index < -0.39 is 17.5 Å². The first-order valence-corrected chi connectivity index (χ1v) is 7.75. The second-order valence-corrected chi connectivity index (χ2v) is 6.15. The largest absolute Gasteiger partial charge is 0.481 e. The Morgan fingerprint density at radius 3 is 1.87 bits per heavy atom. The van der Waals surface area contributed by atoms with Gasteiger partial charge in [0, 0.05) is 25.9 Å². The third-order valence-corrected chi connectivity index (χ3v) is 3.95. The molecule has 0 aromatic carbocycles. The first kappa shape index (κ1) is 18.9. The molecule has 1 aliphatic heterocycles. The number of carbonyl (C=O) groups excluding carboxylic acids is 2. The van der Waals surface area contributed by atoms with Crippen LogP contribution in [0.3, 0.4) is 0 Å². The normalized spacial score (nSPS) is 17.0. The number of imide groups is 1. The van der Waals surface area contributed by atoms with Crippen LogP contribution in [0.5, 0.6) is 0 Å². The molecule has 0 aromatic rings. The van der Waals surface area contributed by atoms with Gasteiger partial charge < -0.3 is 15.1 Å². The van der Waals surface area contributed by atoms with Gasteiger partial charge in [0.25, 0.3) is 5.91 Å². The third kappa shape index (κ3) is 4.94. The number of nitrogens with zero attached hydrogens (tertiary/aromatic N) is 2. The molecule has 1 fully saturated rings. The smallest absolute Gasteiger partial charge is 0.327 e. The van der Waals surface area contributed by atoms with Crippen LogP contribution in [-0.2, 0) is 14.4 Å². The summed E-state index contributed by atoms with van der Waals surface area (Å²) in [5, 5.41) is 17.2. The molecule has 0 bridgehead atoms. The molecule has 1 aliphatic rings. The fourth-order valence-corrected chi connectivity index (χ4v) is 2.58. The maximum atomic E-state index is 12.4. The molecular weight excluding hydrogens is 304 g/mol. The molecule has 8 heteroatoms. The van der Waals surface area contributed by atoms with E-state index >= 15 is 0 Å². The summed E-state index contributed by atoms with van der Waals surface area (Å²) < 4.78 is 0. The Bertz CT molecular complexity index is 488. The summed E-state index contributed by atoms with van der Waals surface area (Å²) in [6, 6.07) is -0.384. The van der Waals surface area contributed by atoms with E-state index in [9.17, 15) is 19.2 Å². The fourth-order valence-electron chi connectivity index (χ4n) is 2.58. The average molecular weight is 328 g/mol. The van der Waals surface area contributed by atoms with E-state index in [1.165, 1.54) is 9.80 Å². The zero-order valence-electron chi connectivity index (χ0n) is 13.6. The van der Waals surface area contributed by atoms with E-state index in [2.05, 4.69) is 0 Å². The Hall–Kier alpha value is -2.12. The molecule has 2 N–H and O–H groups in total. The van der Waals surface area contributed by atoms with E-state index in [1.54, 1.807) is 13.8 Å². The summed E-state index contributed by atoms with van der Waals surface area (Å²) in [5.41, 5.74) is -0.951. The van der Waals surface area contributed by atoms with Gasteiger partial charge in [-0.25, -0.2) is 4.79 Å². The molecule has 23 heavy (non-hydrogen) atoms. The monoisotopic (exact) mass is 328 g/mol. The van der Waals surface area contributed by atoms with Crippen molar-refractivity contribution in [3.8, 4) is 0 Å². The lowest BCUT2D eigenvalue weighted by molar-refractivity contribution is -0.138. The van der Waals surface area contributed by atoms with Gasteiger partial charge in [-0.15, -0.1) is 0 Å². The Kier molecular flexibility index (Phi) is 6.53. The quantitative estimate of drug-likeness (QED) is 0.464. The van der Waals surface area contributed by atoms with Gasteiger partial charge in [-0.2, -0.15) is 0 Å². The molecule has 0 unspecified atom stereocenters. The topological polar surface area (TPSA) is 115 Å². The van der Waals surface area contributed by atoms with Crippen LogP contribution >= 0.6 is 0 Å². The Balaban J connectivity index is 2.56. The number of urea groups is 1. The van der Waals surface area contributed by atoms with Gasteiger partial charge in [0.1, 0.15) is 5.54 Å². The first-order chi connectivity index (χ1) is 10.7. The van der Waals surface area contributed by atoms with Gasteiger partial charge in [-0.1, -0.05) is 0 Å². The molecule has 0 aliphatic carbocycles. The number of carboxylic acid groups (broad SMARTS) is 2. The summed E-state index contributed by atoms with van der Waals surface area (Å²) in [7, 11) is 0. The SMILES string of the molecule is CC1(C)C(=O)N(CCCCC(=O)O)C(=O)N1CCCCC(=O)O. The molecule has 1 saturated heterocycles. The van der Waals surface area contributed by atoms with Crippen molar-refractivity contribution in [3.63, 3.8) is 0 Å². The third-order valence-electron chi connectivity index (χ3n) is 3.95. The lowest BCUT2D eigenvalue weighted by Gasteiger charge is -2.27. The van der Waals surface area contributed by atoms with Crippen LogP contribution in [0.2, 0.25) is 0 Å². The maximum Gasteiger partial charge on any atom is 0.327 e. The average Bonchev–Trinajstić information content (AvgIpc) is 2.59. The van der Waals surface area contributed by atoms with Crippen LogP contribution in [0.4, 0.5) is 4.79 Å². The van der Waals surface area contributed by atoms with Gasteiger partial charge in [-0.3, -0.25) is 19.3 Å². The van der Waals surface area contributed by atoms with Crippen LogP contribution < -0.4 is 0 Å². The number of hydrogen-bond acceptors (Lipinski definition) is 4. The van der Waals surface area contributed by atoms with Crippen LogP contribution in [0.15, 0.2) is 0 Å². The van der Waals surface area contributed by atoms with E-state index in [-0.39, 0.29) is 31.3 Å². The minimum Gasteiger partial charge on any atom is -0.481 e. The van der Waals surface area contributed by atoms with Crippen molar-refractivity contribution < 1.29 is 29.4 Å². The molecule has 0 aromatic heterocycles. The van der Waals surface area contributed by atoms with Crippen molar-refractivity contribution in [1.29, 1.82) is 0 Å². The molecule has 1 rings (SSSR count). The number of unbranched alkanes of at least 4 members (excludes halogenated alkanes) is 2. The van der Waals surface area contributed by atoms with Crippen LogP contribution in [-0.4, -0.2) is 62.5 Å². The van der Waals surface area contributed by atoms with Crippen molar-refractivity contribution in [2.45, 2.75) is 57.9 Å². The number of carbonyl (C=O) groups is 4. The van der Waals surface area contributed by atoms with Crippen LogP contribution in [0, 0.1) is 0 Å².